The Morgan fingerprint density at radius 1 is 0.620 bits per heavy atom. The summed E-state index contributed by atoms with van der Waals surface area (Å²) in [5, 5.41) is 14.1. The minimum absolute atomic E-state index is 0. The fourth-order valence-corrected chi connectivity index (χ4v) is 5.94. The normalized spacial score (nSPS) is 11.0. The van der Waals surface area contributed by atoms with Gasteiger partial charge >= 0.3 is 0 Å². The van der Waals surface area contributed by atoms with E-state index in [0.29, 0.717) is 11.8 Å². The van der Waals surface area contributed by atoms with Crippen LogP contribution in [0, 0.1) is 19.9 Å². The van der Waals surface area contributed by atoms with Crippen LogP contribution in [0.25, 0.3) is 32.7 Å². The predicted molar refractivity (Wildman–Crippen MR) is 210 cm³/mol. The van der Waals surface area contributed by atoms with Crippen LogP contribution in [0.2, 0.25) is 0 Å². The van der Waals surface area contributed by atoms with E-state index >= 15 is 0 Å². The van der Waals surface area contributed by atoms with Crippen LogP contribution in [0.15, 0.2) is 140 Å². The van der Waals surface area contributed by atoms with E-state index in [1.807, 2.05) is 71.4 Å². The third kappa shape index (κ3) is 9.17. The summed E-state index contributed by atoms with van der Waals surface area (Å²) < 4.78 is 2.04. The number of nitrogens with zero attached hydrogens (tertiary/aromatic N) is 3. The molecule has 0 saturated carbocycles. The van der Waals surface area contributed by atoms with Gasteiger partial charge in [-0.25, -0.2) is 0 Å². The molecular weight excluding hydrogens is 773 g/mol. The molecule has 0 N–H and O–H groups in total. The first-order valence-corrected chi connectivity index (χ1v) is 17.0. The number of para-hydroxylation sites is 2. The van der Waals surface area contributed by atoms with Gasteiger partial charge < -0.3 is 5.32 Å². The predicted octanol–water partition coefficient (Wildman–Crippen LogP) is 12.9. The first kappa shape index (κ1) is 38.3. The number of hydrogen-bond acceptors (Lipinski definition) is 1. The van der Waals surface area contributed by atoms with Crippen LogP contribution in [0.5, 0.6) is 0 Å². The van der Waals surface area contributed by atoms with Gasteiger partial charge in [-0.3, -0.25) is 4.68 Å². The van der Waals surface area contributed by atoms with Crippen molar-refractivity contribution in [3.63, 3.8) is 0 Å². The van der Waals surface area contributed by atoms with Crippen LogP contribution in [-0.4, -0.2) is 9.78 Å². The zero-order valence-corrected chi connectivity index (χ0v) is 33.8. The van der Waals surface area contributed by atoms with Crippen LogP contribution in [0.3, 0.4) is 0 Å². The van der Waals surface area contributed by atoms with Gasteiger partial charge in [0.15, 0.2) is 0 Å². The van der Waals surface area contributed by atoms with Crippen molar-refractivity contribution in [3.05, 3.63) is 193 Å². The molecule has 0 aliphatic heterocycles. The van der Waals surface area contributed by atoms with Gasteiger partial charge in [-0.2, -0.15) is 72.5 Å². The first-order valence-electron chi connectivity index (χ1n) is 17.0. The molecule has 254 valence electrons. The van der Waals surface area contributed by atoms with Gasteiger partial charge in [0, 0.05) is 31.2 Å². The maximum Gasteiger partial charge on any atom is 0.0718 e. The van der Waals surface area contributed by atoms with Gasteiger partial charge in [-0.15, -0.1) is 46.8 Å². The topological polar surface area (TPSA) is 31.9 Å². The quantitative estimate of drug-likeness (QED) is 0.121. The Kier molecular flexibility index (Phi) is 13.3. The van der Waals surface area contributed by atoms with E-state index in [1.54, 1.807) is 0 Å². The average molecular weight is 820 g/mol. The summed E-state index contributed by atoms with van der Waals surface area (Å²) in [6.07, 6.45) is 0. The van der Waals surface area contributed by atoms with Gasteiger partial charge in [0.1, 0.15) is 0 Å². The molecule has 3 nitrogen and oxygen atoms in total. The van der Waals surface area contributed by atoms with E-state index < -0.39 is 5.54 Å². The fourth-order valence-electron chi connectivity index (χ4n) is 5.94. The smallest absolute Gasteiger partial charge is 0.0718 e. The Hall–Kier alpha value is -4.54. The van der Waals surface area contributed by atoms with Crippen LogP contribution >= 0.6 is 0 Å². The maximum absolute atomic E-state index is 5.44. The summed E-state index contributed by atoms with van der Waals surface area (Å²) in [4.78, 5) is 0. The van der Waals surface area contributed by atoms with Crippen LogP contribution < -0.4 is 0 Å². The maximum atomic E-state index is 5.44. The standard InChI is InChI=1S/C32H33N3.2C7H7.Hf/c1-21(2)24-17-12-18-25(22(3)4)30(24)33-32(5,6)31-27-16-9-10-19-29(27)35(34-31)28-20-11-14-23-13-7-8-15-26(23)28;2*1-7-5-3-2-4-6-7;/h7-19,21-22H,1-6H3;2*2-6H,1H2;/q-2;2*-1;. The second-order valence-corrected chi connectivity index (χ2v) is 13.4. The Balaban J connectivity index is 0.000000310. The van der Waals surface area contributed by atoms with Crippen molar-refractivity contribution in [2.75, 3.05) is 0 Å². The second kappa shape index (κ2) is 17.4. The summed E-state index contributed by atoms with van der Waals surface area (Å²) >= 11 is 0. The van der Waals surface area contributed by atoms with Crippen molar-refractivity contribution in [1.82, 2.24) is 9.78 Å². The third-order valence-electron chi connectivity index (χ3n) is 8.50. The van der Waals surface area contributed by atoms with E-state index in [9.17, 15) is 0 Å². The molecule has 1 heterocycles. The number of aromatic nitrogens is 2. The molecule has 0 amide bonds. The zero-order valence-electron chi connectivity index (χ0n) is 30.2. The van der Waals surface area contributed by atoms with E-state index in [0.717, 1.165) is 44.5 Å². The summed E-state index contributed by atoms with van der Waals surface area (Å²) in [6, 6.07) is 50.7. The van der Waals surface area contributed by atoms with E-state index in [4.69, 9.17) is 10.4 Å². The minimum atomic E-state index is -0.524. The monoisotopic (exact) mass is 821 g/mol. The molecule has 0 aliphatic rings. The molecule has 0 unspecified atom stereocenters. The molecule has 7 rings (SSSR count). The molecule has 0 spiro atoms. The minimum Gasteiger partial charge on any atom is -0.674 e. The largest absolute Gasteiger partial charge is 0.674 e. The van der Waals surface area contributed by atoms with Crippen molar-refractivity contribution in [2.24, 2.45) is 0 Å². The Morgan fingerprint density at radius 2 is 1.12 bits per heavy atom. The third-order valence-corrected chi connectivity index (χ3v) is 8.50. The fraction of sp³-hybridized carbons (Fsp3) is 0.196. The molecule has 7 aromatic rings. The summed E-state index contributed by atoms with van der Waals surface area (Å²) in [6.45, 7) is 20.8. The number of benzene rings is 6. The molecule has 0 atom stereocenters. The molecule has 0 fully saturated rings. The number of rotatable bonds is 6. The number of hydrogen-bond donors (Lipinski definition) is 0. The van der Waals surface area contributed by atoms with Crippen LogP contribution in [0.1, 0.15) is 81.3 Å². The van der Waals surface area contributed by atoms with Gasteiger partial charge in [0.05, 0.1) is 11.2 Å². The van der Waals surface area contributed by atoms with E-state index in [1.165, 1.54) is 16.5 Å². The molecular formula is C46H47HfN3-4. The van der Waals surface area contributed by atoms with E-state index in [2.05, 4.69) is 134 Å². The van der Waals surface area contributed by atoms with Gasteiger partial charge in [-0.05, 0) is 23.6 Å². The molecule has 6 aromatic carbocycles. The summed E-state index contributed by atoms with van der Waals surface area (Å²) in [7, 11) is 0. The second-order valence-electron chi connectivity index (χ2n) is 13.4. The SMILES string of the molecule is CC(C)c1cccc(C(C)C)c1[N-]C(C)(C)c1nn(-c2[c-]ccc3ccccc23)c2ccccc12.[CH2-]c1ccccc1.[CH2-]c1ccccc1.[Hf]. The molecule has 1 aromatic heterocycles. The van der Waals surface area contributed by atoms with Gasteiger partial charge in [-0.1, -0.05) is 125 Å². The van der Waals surface area contributed by atoms with Crippen LogP contribution in [-0.2, 0) is 31.4 Å². The molecule has 50 heavy (non-hydrogen) atoms. The zero-order chi connectivity index (χ0) is 35.0. The first-order chi connectivity index (χ1) is 23.6. The van der Waals surface area contributed by atoms with Crippen LogP contribution in [0.4, 0.5) is 5.69 Å². The molecule has 4 heteroatoms. The van der Waals surface area contributed by atoms with Gasteiger partial charge in [0.25, 0.3) is 0 Å². The Labute approximate surface area is 318 Å². The van der Waals surface area contributed by atoms with E-state index in [-0.39, 0.29) is 25.8 Å². The van der Waals surface area contributed by atoms with Crippen molar-refractivity contribution in [3.8, 4) is 5.69 Å². The average Bonchev–Trinajstić information content (AvgIpc) is 3.50. The molecule has 0 radical (unpaired) electrons. The van der Waals surface area contributed by atoms with Crippen molar-refractivity contribution in [2.45, 2.75) is 58.9 Å². The molecule has 0 bridgehead atoms. The Morgan fingerprint density at radius 3 is 1.64 bits per heavy atom. The van der Waals surface area contributed by atoms with Crippen molar-refractivity contribution < 1.29 is 25.8 Å². The summed E-state index contributed by atoms with van der Waals surface area (Å²) in [5.74, 6) is 0.783. The van der Waals surface area contributed by atoms with Gasteiger partial charge in [0.2, 0.25) is 0 Å². The Bertz CT molecular complexity index is 2020. The molecule has 0 aliphatic carbocycles. The van der Waals surface area contributed by atoms with Crippen molar-refractivity contribution in [1.29, 1.82) is 0 Å². The molecule has 0 saturated heterocycles. The summed E-state index contributed by atoms with van der Waals surface area (Å²) in [5.41, 5.74) is 8.31. The number of fused-ring (bicyclic) bond motifs is 2. The van der Waals surface area contributed by atoms with Crippen molar-refractivity contribution >= 4 is 27.4 Å².